The van der Waals surface area contributed by atoms with Gasteiger partial charge in [-0.3, -0.25) is 4.90 Å². The Morgan fingerprint density at radius 1 is 1.08 bits per heavy atom. The first-order chi connectivity index (χ1) is 12.6. The predicted octanol–water partition coefficient (Wildman–Crippen LogP) is 3.94. The predicted molar refractivity (Wildman–Crippen MR) is 108 cm³/mol. The Labute approximate surface area is 159 Å². The highest BCUT2D eigenvalue weighted by Crippen LogP contribution is 2.42. The second-order valence-corrected chi connectivity index (χ2v) is 7.40. The molecule has 144 valence electrons. The summed E-state index contributed by atoms with van der Waals surface area (Å²) < 4.78 is 0. The molecule has 2 rings (SSSR count). The van der Waals surface area contributed by atoms with Gasteiger partial charge in [-0.2, -0.15) is 0 Å². The van der Waals surface area contributed by atoms with Crippen LogP contribution in [0.4, 0.5) is 0 Å². The minimum atomic E-state index is -1.16. The van der Waals surface area contributed by atoms with Gasteiger partial charge in [0.25, 0.3) is 0 Å². The van der Waals surface area contributed by atoms with Gasteiger partial charge in [0, 0.05) is 6.42 Å². The number of aliphatic hydroxyl groups is 2. The van der Waals surface area contributed by atoms with Crippen molar-refractivity contribution in [2.45, 2.75) is 70.5 Å². The van der Waals surface area contributed by atoms with Crippen molar-refractivity contribution in [2.24, 2.45) is 5.92 Å². The molecule has 0 amide bonds. The van der Waals surface area contributed by atoms with Crippen LogP contribution in [0.2, 0.25) is 0 Å². The zero-order valence-electron chi connectivity index (χ0n) is 16.5. The van der Waals surface area contributed by atoms with Crippen molar-refractivity contribution in [3.8, 4) is 11.8 Å². The Bertz CT molecular complexity index is 567. The molecule has 1 aromatic rings. The molecule has 0 heterocycles. The molecule has 2 N–H and O–H groups in total. The van der Waals surface area contributed by atoms with Gasteiger partial charge in [-0.05, 0) is 43.8 Å². The highest BCUT2D eigenvalue weighted by molar-refractivity contribution is 5.25. The molecule has 0 radical (unpaired) electrons. The van der Waals surface area contributed by atoms with E-state index in [1.54, 1.807) is 0 Å². The van der Waals surface area contributed by atoms with Crippen LogP contribution < -0.4 is 0 Å². The molecule has 26 heavy (non-hydrogen) atoms. The normalized spacial score (nSPS) is 18.8. The molecule has 0 aromatic heterocycles. The summed E-state index contributed by atoms with van der Waals surface area (Å²) in [5.41, 5.74) is -0.321. The summed E-state index contributed by atoms with van der Waals surface area (Å²) in [6.45, 7) is 7.05. The Morgan fingerprint density at radius 3 is 2.35 bits per heavy atom. The van der Waals surface area contributed by atoms with Gasteiger partial charge in [0.1, 0.15) is 5.60 Å². The van der Waals surface area contributed by atoms with Crippen LogP contribution in [0.3, 0.4) is 0 Å². The topological polar surface area (TPSA) is 43.7 Å². The van der Waals surface area contributed by atoms with Crippen molar-refractivity contribution in [3.63, 3.8) is 0 Å². The number of rotatable bonds is 8. The third kappa shape index (κ3) is 5.33. The van der Waals surface area contributed by atoms with E-state index in [2.05, 4.69) is 30.6 Å². The van der Waals surface area contributed by atoms with Crippen LogP contribution >= 0.6 is 0 Å². The summed E-state index contributed by atoms with van der Waals surface area (Å²) in [5, 5.41) is 22.5. The largest absolute Gasteiger partial charge is 0.390 e. The molecule has 0 aliphatic heterocycles. The lowest BCUT2D eigenvalue weighted by molar-refractivity contribution is -0.131. The SMILES string of the molecule is CCN(CC)CC#CCCC(O)C(O)(c1ccccc1)C1CCCCC1. The van der Waals surface area contributed by atoms with E-state index in [1.807, 2.05) is 30.3 Å². The van der Waals surface area contributed by atoms with Gasteiger partial charge in [-0.25, -0.2) is 0 Å². The summed E-state index contributed by atoms with van der Waals surface area (Å²) in [7, 11) is 0. The fourth-order valence-electron chi connectivity index (χ4n) is 4.08. The molecule has 0 spiro atoms. The van der Waals surface area contributed by atoms with Crippen LogP contribution in [0, 0.1) is 17.8 Å². The van der Waals surface area contributed by atoms with E-state index in [0.717, 1.165) is 50.9 Å². The van der Waals surface area contributed by atoms with Crippen molar-refractivity contribution >= 4 is 0 Å². The molecule has 2 atom stereocenters. The molecular formula is C23H35NO2. The van der Waals surface area contributed by atoms with E-state index in [0.29, 0.717) is 12.8 Å². The first-order valence-corrected chi connectivity index (χ1v) is 10.3. The van der Waals surface area contributed by atoms with Crippen LogP contribution in [0.25, 0.3) is 0 Å². The molecule has 1 saturated carbocycles. The fraction of sp³-hybridized carbons (Fsp3) is 0.652. The maximum Gasteiger partial charge on any atom is 0.118 e. The van der Waals surface area contributed by atoms with Crippen molar-refractivity contribution in [1.29, 1.82) is 0 Å². The highest BCUT2D eigenvalue weighted by Gasteiger charge is 2.44. The Hall–Kier alpha value is -1.34. The second-order valence-electron chi connectivity index (χ2n) is 7.40. The van der Waals surface area contributed by atoms with Crippen LogP contribution in [0.1, 0.15) is 64.4 Å². The quantitative estimate of drug-likeness (QED) is 0.693. The molecule has 3 nitrogen and oxygen atoms in total. The van der Waals surface area contributed by atoms with Crippen molar-refractivity contribution in [3.05, 3.63) is 35.9 Å². The van der Waals surface area contributed by atoms with Gasteiger partial charge >= 0.3 is 0 Å². The van der Waals surface area contributed by atoms with Gasteiger partial charge in [0.15, 0.2) is 0 Å². The molecule has 1 aliphatic rings. The van der Waals surface area contributed by atoms with E-state index < -0.39 is 11.7 Å². The third-order valence-corrected chi connectivity index (χ3v) is 5.84. The first kappa shape index (κ1) is 21.0. The summed E-state index contributed by atoms with van der Waals surface area (Å²) >= 11 is 0. The maximum atomic E-state index is 11.6. The number of aliphatic hydroxyl groups excluding tert-OH is 1. The maximum absolute atomic E-state index is 11.6. The van der Waals surface area contributed by atoms with Crippen LogP contribution in [0.5, 0.6) is 0 Å². The van der Waals surface area contributed by atoms with Crippen molar-refractivity contribution in [1.82, 2.24) is 4.90 Å². The third-order valence-electron chi connectivity index (χ3n) is 5.84. The van der Waals surface area contributed by atoms with E-state index in [-0.39, 0.29) is 5.92 Å². The molecule has 3 heteroatoms. The molecule has 1 aliphatic carbocycles. The lowest BCUT2D eigenvalue weighted by atomic mass is 9.70. The highest BCUT2D eigenvalue weighted by atomic mass is 16.3. The van der Waals surface area contributed by atoms with Crippen molar-refractivity contribution < 1.29 is 10.2 Å². The molecular weight excluding hydrogens is 322 g/mol. The number of nitrogens with zero attached hydrogens (tertiary/aromatic N) is 1. The van der Waals surface area contributed by atoms with Gasteiger partial charge in [-0.1, -0.05) is 69.4 Å². The Morgan fingerprint density at radius 2 is 1.73 bits per heavy atom. The summed E-state index contributed by atoms with van der Waals surface area (Å²) in [5.74, 6) is 6.50. The number of benzene rings is 1. The molecule has 0 saturated heterocycles. The van der Waals surface area contributed by atoms with Gasteiger partial charge < -0.3 is 10.2 Å². The number of hydrogen-bond donors (Lipinski definition) is 2. The first-order valence-electron chi connectivity index (χ1n) is 10.3. The summed E-state index contributed by atoms with van der Waals surface area (Å²) in [6, 6.07) is 9.74. The average Bonchev–Trinajstić information content (AvgIpc) is 2.71. The van der Waals surface area contributed by atoms with Crippen LogP contribution in [0.15, 0.2) is 30.3 Å². The second kappa shape index (κ2) is 10.7. The van der Waals surface area contributed by atoms with Gasteiger partial charge in [-0.15, -0.1) is 5.92 Å². The summed E-state index contributed by atoms with van der Waals surface area (Å²) in [6.07, 6.45) is 5.81. The fourth-order valence-corrected chi connectivity index (χ4v) is 4.08. The monoisotopic (exact) mass is 357 g/mol. The minimum Gasteiger partial charge on any atom is -0.390 e. The lowest BCUT2D eigenvalue weighted by Gasteiger charge is -2.42. The van der Waals surface area contributed by atoms with E-state index in [4.69, 9.17) is 0 Å². The Kier molecular flexibility index (Phi) is 8.65. The number of hydrogen-bond acceptors (Lipinski definition) is 3. The van der Waals surface area contributed by atoms with Gasteiger partial charge in [0.2, 0.25) is 0 Å². The van der Waals surface area contributed by atoms with E-state index >= 15 is 0 Å². The zero-order valence-corrected chi connectivity index (χ0v) is 16.5. The smallest absolute Gasteiger partial charge is 0.118 e. The standard InChI is InChI=1S/C23H35NO2/c1-3-24(4-2)19-13-7-12-18-22(25)23(26,20-14-8-5-9-15-20)21-16-10-6-11-17-21/h5,8-9,14-15,21-22,25-26H,3-4,6,10-12,16-19H2,1-2H3. The van der Waals surface area contributed by atoms with Crippen molar-refractivity contribution in [2.75, 3.05) is 19.6 Å². The van der Waals surface area contributed by atoms with E-state index in [1.165, 1.54) is 6.42 Å². The van der Waals surface area contributed by atoms with E-state index in [9.17, 15) is 10.2 Å². The lowest BCUT2D eigenvalue weighted by Crippen LogP contribution is -2.46. The Balaban J connectivity index is 2.04. The van der Waals surface area contributed by atoms with Crippen LogP contribution in [-0.2, 0) is 5.60 Å². The zero-order chi connectivity index (χ0) is 18.8. The molecule has 0 bridgehead atoms. The van der Waals surface area contributed by atoms with Gasteiger partial charge in [0.05, 0.1) is 12.6 Å². The summed E-state index contributed by atoms with van der Waals surface area (Å²) in [4.78, 5) is 2.27. The molecule has 1 aromatic carbocycles. The average molecular weight is 358 g/mol. The van der Waals surface area contributed by atoms with Crippen LogP contribution in [-0.4, -0.2) is 40.9 Å². The molecule has 2 unspecified atom stereocenters. The molecule has 1 fully saturated rings. The minimum absolute atomic E-state index is 0.122.